The number of hydrogen-bond acceptors (Lipinski definition) is 5. The number of ether oxygens (including phenoxy) is 3. The molecule has 1 aromatic carbocycles. The smallest absolute Gasteiger partial charge is 0.309 e. The van der Waals surface area contributed by atoms with E-state index in [0.29, 0.717) is 6.61 Å². The zero-order valence-electron chi connectivity index (χ0n) is 12.6. The summed E-state index contributed by atoms with van der Waals surface area (Å²) in [6.45, 7) is 5.78. The number of epoxide rings is 1. The number of carbonyl (C=O) groups excluding carboxylic acids is 1. The monoisotopic (exact) mass is 294 g/mol. The van der Waals surface area contributed by atoms with Gasteiger partial charge in [0.1, 0.15) is 11.7 Å². The number of esters is 1. The molecule has 1 aliphatic heterocycles. The van der Waals surface area contributed by atoms with E-state index in [9.17, 15) is 9.90 Å². The summed E-state index contributed by atoms with van der Waals surface area (Å²) in [7, 11) is 0. The Labute approximate surface area is 124 Å². The van der Waals surface area contributed by atoms with Gasteiger partial charge >= 0.3 is 5.97 Å². The van der Waals surface area contributed by atoms with E-state index in [-0.39, 0.29) is 6.42 Å². The van der Waals surface area contributed by atoms with E-state index in [1.807, 2.05) is 30.3 Å². The van der Waals surface area contributed by atoms with Crippen LogP contribution >= 0.6 is 0 Å². The third kappa shape index (κ3) is 5.46. The van der Waals surface area contributed by atoms with Crippen molar-refractivity contribution in [1.82, 2.24) is 0 Å². The second-order valence-electron chi connectivity index (χ2n) is 6.12. The highest BCUT2D eigenvalue weighted by atomic mass is 16.8. The topological polar surface area (TPSA) is 68.3 Å². The molecule has 0 saturated carbocycles. The number of rotatable bonds is 6. The van der Waals surface area contributed by atoms with Crippen LogP contribution in [0, 0.1) is 0 Å². The van der Waals surface area contributed by atoms with Crippen LogP contribution < -0.4 is 0 Å². The first-order valence-electron chi connectivity index (χ1n) is 7.06. The van der Waals surface area contributed by atoms with Crippen LogP contribution in [-0.4, -0.2) is 35.2 Å². The summed E-state index contributed by atoms with van der Waals surface area (Å²) in [5.74, 6) is -0.438. The van der Waals surface area contributed by atoms with Crippen LogP contribution in [0.15, 0.2) is 30.3 Å². The van der Waals surface area contributed by atoms with Crippen molar-refractivity contribution in [2.24, 2.45) is 0 Å². The summed E-state index contributed by atoms with van der Waals surface area (Å²) in [6.07, 6.45) is -1.91. The second-order valence-corrected chi connectivity index (χ2v) is 6.12. The number of benzene rings is 1. The highest BCUT2D eigenvalue weighted by molar-refractivity contribution is 5.70. The Morgan fingerprint density at radius 2 is 2.00 bits per heavy atom. The van der Waals surface area contributed by atoms with Gasteiger partial charge in [0.15, 0.2) is 6.29 Å². The van der Waals surface area contributed by atoms with Crippen LogP contribution in [0.3, 0.4) is 0 Å². The SMILES string of the molecule is CC(C)(C)OC(=O)C[C@H](O)[C@@H]1O[C@@H]1OCc1ccccc1. The highest BCUT2D eigenvalue weighted by Gasteiger charge is 2.46. The first kappa shape index (κ1) is 15.9. The van der Waals surface area contributed by atoms with Crippen molar-refractivity contribution < 1.29 is 24.1 Å². The maximum atomic E-state index is 11.6. The molecule has 0 bridgehead atoms. The fourth-order valence-corrected chi connectivity index (χ4v) is 1.94. The molecule has 1 N–H and O–H groups in total. The molecule has 1 saturated heterocycles. The fourth-order valence-electron chi connectivity index (χ4n) is 1.94. The van der Waals surface area contributed by atoms with Crippen LogP contribution in [0.1, 0.15) is 32.8 Å². The van der Waals surface area contributed by atoms with Gasteiger partial charge in [0.2, 0.25) is 0 Å². The largest absolute Gasteiger partial charge is 0.460 e. The standard InChI is InChI=1S/C16H22O5/c1-16(2,3)21-13(18)9-12(17)14-15(20-14)19-10-11-7-5-4-6-8-11/h4-8,12,14-15,17H,9-10H2,1-3H3/t12-,14-,15-/m0/s1. The first-order chi connectivity index (χ1) is 9.85. The van der Waals surface area contributed by atoms with E-state index >= 15 is 0 Å². The lowest BCUT2D eigenvalue weighted by molar-refractivity contribution is -0.157. The molecule has 1 heterocycles. The van der Waals surface area contributed by atoms with Gasteiger partial charge in [-0.25, -0.2) is 0 Å². The molecule has 5 heteroatoms. The molecule has 5 nitrogen and oxygen atoms in total. The number of hydrogen-bond donors (Lipinski definition) is 1. The maximum Gasteiger partial charge on any atom is 0.309 e. The van der Waals surface area contributed by atoms with Gasteiger partial charge < -0.3 is 19.3 Å². The zero-order chi connectivity index (χ0) is 15.5. The Hall–Kier alpha value is -1.43. The Morgan fingerprint density at radius 1 is 1.33 bits per heavy atom. The van der Waals surface area contributed by atoms with Gasteiger partial charge in [-0.1, -0.05) is 30.3 Å². The number of aliphatic hydroxyl groups excluding tert-OH is 1. The average Bonchev–Trinajstić information content (AvgIpc) is 3.15. The van der Waals surface area contributed by atoms with E-state index in [2.05, 4.69) is 0 Å². The van der Waals surface area contributed by atoms with E-state index in [1.54, 1.807) is 20.8 Å². The van der Waals surface area contributed by atoms with Crippen LogP contribution in [-0.2, 0) is 25.6 Å². The molecule has 0 amide bonds. The Bertz CT molecular complexity index is 465. The molecule has 21 heavy (non-hydrogen) atoms. The summed E-state index contributed by atoms with van der Waals surface area (Å²) in [6, 6.07) is 9.70. The van der Waals surface area contributed by atoms with Crippen molar-refractivity contribution in [2.75, 3.05) is 0 Å². The minimum Gasteiger partial charge on any atom is -0.460 e. The highest BCUT2D eigenvalue weighted by Crippen LogP contribution is 2.29. The van der Waals surface area contributed by atoms with Gasteiger partial charge in [-0.2, -0.15) is 0 Å². The quantitative estimate of drug-likeness (QED) is 0.642. The third-order valence-corrected chi connectivity index (χ3v) is 2.92. The summed E-state index contributed by atoms with van der Waals surface area (Å²) >= 11 is 0. The van der Waals surface area contributed by atoms with Gasteiger partial charge in [0, 0.05) is 0 Å². The van der Waals surface area contributed by atoms with Gasteiger partial charge in [0.25, 0.3) is 0 Å². The lowest BCUT2D eigenvalue weighted by atomic mass is 10.1. The number of aliphatic hydroxyl groups is 1. The molecule has 3 atom stereocenters. The van der Waals surface area contributed by atoms with Crippen molar-refractivity contribution >= 4 is 5.97 Å². The van der Waals surface area contributed by atoms with Crippen molar-refractivity contribution in [1.29, 1.82) is 0 Å². The van der Waals surface area contributed by atoms with Crippen LogP contribution in [0.5, 0.6) is 0 Å². The fraction of sp³-hybridized carbons (Fsp3) is 0.562. The molecule has 0 unspecified atom stereocenters. The molecule has 1 fully saturated rings. The predicted octanol–water partition coefficient (Wildman–Crippen LogP) is 2.02. The van der Waals surface area contributed by atoms with E-state index < -0.39 is 30.1 Å². The maximum absolute atomic E-state index is 11.6. The minimum absolute atomic E-state index is 0.0901. The van der Waals surface area contributed by atoms with Gasteiger partial charge in [0.05, 0.1) is 19.1 Å². The third-order valence-electron chi connectivity index (χ3n) is 2.92. The van der Waals surface area contributed by atoms with Crippen molar-refractivity contribution in [3.05, 3.63) is 35.9 Å². The van der Waals surface area contributed by atoms with E-state index in [0.717, 1.165) is 5.56 Å². The minimum atomic E-state index is -0.902. The van der Waals surface area contributed by atoms with Crippen molar-refractivity contribution in [3.8, 4) is 0 Å². The van der Waals surface area contributed by atoms with E-state index in [4.69, 9.17) is 14.2 Å². The Balaban J connectivity index is 1.69. The van der Waals surface area contributed by atoms with Gasteiger partial charge in [-0.05, 0) is 26.3 Å². The lowest BCUT2D eigenvalue weighted by Gasteiger charge is -2.20. The molecular weight excluding hydrogens is 272 g/mol. The Kier molecular flexibility index (Phi) is 4.98. The molecule has 0 spiro atoms. The molecule has 2 rings (SSSR count). The molecule has 116 valence electrons. The number of carbonyl (C=O) groups is 1. The average molecular weight is 294 g/mol. The van der Waals surface area contributed by atoms with Crippen molar-refractivity contribution in [3.63, 3.8) is 0 Å². The predicted molar refractivity (Wildman–Crippen MR) is 76.4 cm³/mol. The normalized spacial score (nSPS) is 22.7. The van der Waals surface area contributed by atoms with E-state index in [1.165, 1.54) is 0 Å². The molecule has 1 aromatic rings. The summed E-state index contributed by atoms with van der Waals surface area (Å²) in [5.41, 5.74) is 0.484. The zero-order valence-corrected chi connectivity index (χ0v) is 12.6. The molecular formula is C16H22O5. The van der Waals surface area contributed by atoms with Crippen molar-refractivity contribution in [2.45, 2.75) is 57.9 Å². The second kappa shape index (κ2) is 6.56. The van der Waals surface area contributed by atoms with Crippen LogP contribution in [0.4, 0.5) is 0 Å². The Morgan fingerprint density at radius 3 is 2.62 bits per heavy atom. The molecule has 0 aromatic heterocycles. The van der Waals surface area contributed by atoms with Gasteiger partial charge in [-0.3, -0.25) is 4.79 Å². The summed E-state index contributed by atoms with van der Waals surface area (Å²) in [5, 5.41) is 9.92. The van der Waals surface area contributed by atoms with Crippen LogP contribution in [0.2, 0.25) is 0 Å². The first-order valence-corrected chi connectivity index (χ1v) is 7.06. The molecule has 0 aliphatic carbocycles. The summed E-state index contributed by atoms with van der Waals surface area (Å²) in [4.78, 5) is 11.6. The van der Waals surface area contributed by atoms with Gasteiger partial charge in [-0.15, -0.1) is 0 Å². The molecule has 1 aliphatic rings. The lowest BCUT2D eigenvalue weighted by Crippen LogP contribution is -2.29. The summed E-state index contributed by atoms with van der Waals surface area (Å²) < 4.78 is 15.9. The molecule has 0 radical (unpaired) electrons. The van der Waals surface area contributed by atoms with Crippen LogP contribution in [0.25, 0.3) is 0 Å².